The molecule has 0 fully saturated rings. The number of aryl methyl sites for hydroxylation is 1. The average molecular weight is 333 g/mol. The molecule has 0 aliphatic heterocycles. The van der Waals surface area contributed by atoms with Crippen LogP contribution in [0.5, 0.6) is 5.75 Å². The largest absolute Gasteiger partial charge is 0.490 e. The van der Waals surface area contributed by atoms with Gasteiger partial charge in [0.1, 0.15) is 24.0 Å². The number of ether oxygens (including phenoxy) is 1. The monoisotopic (exact) mass is 333 g/mol. The number of fused-ring (bicyclic) bond motifs is 1. The Hall–Kier alpha value is -2.18. The third-order valence-electron chi connectivity index (χ3n) is 3.63. The number of benzene rings is 1. The van der Waals surface area contributed by atoms with E-state index in [1.54, 1.807) is 19.1 Å². The molecule has 0 spiro atoms. The fourth-order valence-corrected chi connectivity index (χ4v) is 2.44. The second kappa shape index (κ2) is 7.59. The van der Waals surface area contributed by atoms with Crippen LogP contribution in [0.3, 0.4) is 0 Å². The number of aliphatic hydroxyl groups excluding tert-OH is 1. The Kier molecular flexibility index (Phi) is 5.75. The molecule has 0 radical (unpaired) electrons. The van der Waals surface area contributed by atoms with E-state index in [0.29, 0.717) is 17.7 Å². The van der Waals surface area contributed by atoms with Gasteiger partial charge in [0.2, 0.25) is 0 Å². The Morgan fingerprint density at radius 1 is 1.38 bits per heavy atom. The molecule has 0 aliphatic rings. The van der Waals surface area contributed by atoms with E-state index in [1.165, 1.54) is 13.0 Å². The Morgan fingerprint density at radius 2 is 2.08 bits per heavy atom. The molecule has 1 aromatic heterocycles. The maximum atomic E-state index is 12.0. The van der Waals surface area contributed by atoms with E-state index < -0.39 is 11.7 Å². The first kappa shape index (κ1) is 18.2. The van der Waals surface area contributed by atoms with Crippen LogP contribution in [-0.2, 0) is 0 Å². The Labute approximate surface area is 140 Å². The molecular formula is C18H23NO5. The normalized spacial score (nSPS) is 12.6. The summed E-state index contributed by atoms with van der Waals surface area (Å²) in [6.07, 6.45) is -0.715. The van der Waals surface area contributed by atoms with Gasteiger partial charge in [0, 0.05) is 24.0 Å². The van der Waals surface area contributed by atoms with Crippen LogP contribution in [0.4, 0.5) is 0 Å². The topological polar surface area (TPSA) is 88.8 Å². The molecule has 1 heterocycles. The standard InChI is InChI=1S/C18H23NO5/c1-10(2)19-8-13(21)9-23-15-6-5-14-11(3)7-16(22)24-18(14)17(15)12(4)20/h5-7,10,13,19,21H,8-9H2,1-4H3. The smallest absolute Gasteiger partial charge is 0.336 e. The summed E-state index contributed by atoms with van der Waals surface area (Å²) in [6, 6.07) is 5.04. The number of rotatable bonds is 7. The van der Waals surface area contributed by atoms with Gasteiger partial charge in [0.25, 0.3) is 0 Å². The van der Waals surface area contributed by atoms with Gasteiger partial charge in [0.05, 0.1) is 0 Å². The first-order valence-electron chi connectivity index (χ1n) is 7.92. The summed E-state index contributed by atoms with van der Waals surface area (Å²) in [5.74, 6) is 0.0338. The van der Waals surface area contributed by atoms with Crippen LogP contribution in [0.15, 0.2) is 27.4 Å². The van der Waals surface area contributed by atoms with Crippen molar-refractivity contribution in [3.8, 4) is 5.75 Å². The predicted molar refractivity (Wildman–Crippen MR) is 91.9 cm³/mol. The van der Waals surface area contributed by atoms with Crippen molar-refractivity contribution in [2.75, 3.05) is 13.2 Å². The van der Waals surface area contributed by atoms with Crippen molar-refractivity contribution in [2.45, 2.75) is 39.8 Å². The van der Waals surface area contributed by atoms with E-state index in [0.717, 1.165) is 5.56 Å². The molecule has 0 amide bonds. The van der Waals surface area contributed by atoms with Gasteiger partial charge in [-0.3, -0.25) is 4.79 Å². The van der Waals surface area contributed by atoms with E-state index in [1.807, 2.05) is 13.8 Å². The molecular weight excluding hydrogens is 310 g/mol. The van der Waals surface area contributed by atoms with Crippen molar-refractivity contribution < 1.29 is 19.1 Å². The fourth-order valence-electron chi connectivity index (χ4n) is 2.44. The Bertz CT molecular complexity index is 794. The first-order valence-corrected chi connectivity index (χ1v) is 7.92. The number of hydrogen-bond donors (Lipinski definition) is 2. The van der Waals surface area contributed by atoms with Crippen LogP contribution in [0.1, 0.15) is 36.7 Å². The molecule has 24 heavy (non-hydrogen) atoms. The molecule has 1 atom stereocenters. The zero-order chi connectivity index (χ0) is 17.9. The van der Waals surface area contributed by atoms with Gasteiger partial charge in [-0.2, -0.15) is 0 Å². The molecule has 130 valence electrons. The number of carbonyl (C=O) groups is 1. The molecule has 0 saturated carbocycles. The maximum absolute atomic E-state index is 12.0. The molecule has 6 nitrogen and oxygen atoms in total. The van der Waals surface area contributed by atoms with E-state index in [9.17, 15) is 14.7 Å². The van der Waals surface area contributed by atoms with Crippen molar-refractivity contribution in [1.29, 1.82) is 0 Å². The number of carbonyl (C=O) groups excluding carboxylic acids is 1. The third-order valence-corrected chi connectivity index (χ3v) is 3.63. The maximum Gasteiger partial charge on any atom is 0.336 e. The Morgan fingerprint density at radius 3 is 2.71 bits per heavy atom. The van der Waals surface area contributed by atoms with Gasteiger partial charge < -0.3 is 19.6 Å². The zero-order valence-electron chi connectivity index (χ0n) is 14.4. The molecule has 0 bridgehead atoms. The lowest BCUT2D eigenvalue weighted by molar-refractivity contribution is 0.0969. The molecule has 0 aliphatic carbocycles. The lowest BCUT2D eigenvalue weighted by atomic mass is 10.0. The minimum absolute atomic E-state index is 0.0293. The van der Waals surface area contributed by atoms with Crippen molar-refractivity contribution in [2.24, 2.45) is 0 Å². The number of Topliss-reactive ketones (excluding diaryl/α,β-unsaturated/α-hetero) is 1. The fraction of sp³-hybridized carbons (Fsp3) is 0.444. The molecule has 6 heteroatoms. The SMILES string of the molecule is CC(=O)c1c(OCC(O)CNC(C)C)ccc2c(C)cc(=O)oc12. The second-order valence-electron chi connectivity index (χ2n) is 6.15. The van der Waals surface area contributed by atoms with Crippen LogP contribution < -0.4 is 15.7 Å². The summed E-state index contributed by atoms with van der Waals surface area (Å²) in [4.78, 5) is 23.7. The second-order valence-corrected chi connectivity index (χ2v) is 6.15. The predicted octanol–water partition coefficient (Wildman–Crippen LogP) is 2.04. The third kappa shape index (κ3) is 4.21. The van der Waals surface area contributed by atoms with Crippen molar-refractivity contribution >= 4 is 16.8 Å². The highest BCUT2D eigenvalue weighted by atomic mass is 16.5. The molecule has 1 aromatic carbocycles. The summed E-state index contributed by atoms with van der Waals surface area (Å²) in [5.41, 5.74) is 0.661. The van der Waals surface area contributed by atoms with Gasteiger partial charge >= 0.3 is 5.63 Å². The molecule has 2 N–H and O–H groups in total. The van der Waals surface area contributed by atoms with Crippen LogP contribution >= 0.6 is 0 Å². The van der Waals surface area contributed by atoms with E-state index in [2.05, 4.69) is 5.32 Å². The summed E-state index contributed by atoms with van der Waals surface area (Å²) in [7, 11) is 0. The van der Waals surface area contributed by atoms with Gasteiger partial charge in [-0.05, 0) is 31.5 Å². The number of hydrogen-bond acceptors (Lipinski definition) is 6. The highest BCUT2D eigenvalue weighted by Crippen LogP contribution is 2.29. The van der Waals surface area contributed by atoms with E-state index >= 15 is 0 Å². The minimum atomic E-state index is -0.715. The van der Waals surface area contributed by atoms with E-state index in [4.69, 9.17) is 9.15 Å². The van der Waals surface area contributed by atoms with Crippen LogP contribution in [-0.4, -0.2) is 36.2 Å². The van der Waals surface area contributed by atoms with Gasteiger partial charge in [-0.15, -0.1) is 0 Å². The van der Waals surface area contributed by atoms with E-state index in [-0.39, 0.29) is 29.6 Å². The van der Waals surface area contributed by atoms with Crippen LogP contribution in [0.2, 0.25) is 0 Å². The number of nitrogens with one attached hydrogen (secondary N) is 1. The quantitative estimate of drug-likeness (QED) is 0.595. The molecule has 2 aromatic rings. The highest BCUT2D eigenvalue weighted by Gasteiger charge is 2.18. The summed E-state index contributed by atoms with van der Waals surface area (Å²) < 4.78 is 10.8. The van der Waals surface area contributed by atoms with Crippen LogP contribution in [0.25, 0.3) is 11.0 Å². The first-order chi connectivity index (χ1) is 11.3. The summed E-state index contributed by atoms with van der Waals surface area (Å²) >= 11 is 0. The summed E-state index contributed by atoms with van der Waals surface area (Å²) in [5, 5.41) is 13.7. The zero-order valence-corrected chi connectivity index (χ0v) is 14.4. The molecule has 0 saturated heterocycles. The number of aliphatic hydroxyl groups is 1. The van der Waals surface area contributed by atoms with Gasteiger partial charge in [0.15, 0.2) is 11.4 Å². The van der Waals surface area contributed by atoms with Crippen LogP contribution in [0, 0.1) is 6.92 Å². The van der Waals surface area contributed by atoms with Crippen molar-refractivity contribution in [3.63, 3.8) is 0 Å². The average Bonchev–Trinajstić information content (AvgIpc) is 2.49. The highest BCUT2D eigenvalue weighted by molar-refractivity contribution is 6.07. The minimum Gasteiger partial charge on any atom is -0.490 e. The van der Waals surface area contributed by atoms with Crippen molar-refractivity contribution in [3.05, 3.63) is 39.7 Å². The number of ketones is 1. The lowest BCUT2D eigenvalue weighted by Gasteiger charge is -2.17. The Balaban J connectivity index is 2.32. The molecule has 2 rings (SSSR count). The molecule has 1 unspecified atom stereocenters. The van der Waals surface area contributed by atoms with Gasteiger partial charge in [-0.25, -0.2) is 4.79 Å². The van der Waals surface area contributed by atoms with Gasteiger partial charge in [-0.1, -0.05) is 13.8 Å². The lowest BCUT2D eigenvalue weighted by Crippen LogP contribution is -2.35. The summed E-state index contributed by atoms with van der Waals surface area (Å²) in [6.45, 7) is 7.55. The van der Waals surface area contributed by atoms with Crippen molar-refractivity contribution in [1.82, 2.24) is 5.32 Å².